The summed E-state index contributed by atoms with van der Waals surface area (Å²) in [6.07, 6.45) is 8.10. The minimum Gasteiger partial charge on any atom is -0.325 e. The highest BCUT2D eigenvalue weighted by Gasteiger charge is 2.60. The Labute approximate surface area is 153 Å². The number of carbonyl (C=O) groups excluding carboxylic acids is 1. The highest BCUT2D eigenvalue weighted by atomic mass is 35.5. The molecule has 1 aromatic carbocycles. The SMILES string of the molecule is Cc1ccc(NC(=O)C23CC4CC(CC(Cl)(C4)C2)C3)c2cccnc12. The number of hydrogen-bond acceptors (Lipinski definition) is 2. The smallest absolute Gasteiger partial charge is 0.230 e. The van der Waals surface area contributed by atoms with E-state index in [2.05, 4.69) is 17.2 Å². The third-order valence-corrected chi connectivity index (χ3v) is 7.13. The fourth-order valence-electron chi connectivity index (χ4n) is 6.09. The summed E-state index contributed by atoms with van der Waals surface area (Å²) in [6, 6.07) is 8.01. The summed E-state index contributed by atoms with van der Waals surface area (Å²) in [4.78, 5) is 17.7. The van der Waals surface area contributed by atoms with Crippen LogP contribution < -0.4 is 5.32 Å². The number of rotatable bonds is 2. The van der Waals surface area contributed by atoms with E-state index in [4.69, 9.17) is 11.6 Å². The summed E-state index contributed by atoms with van der Waals surface area (Å²) in [6.45, 7) is 2.05. The lowest BCUT2D eigenvalue weighted by Gasteiger charge is -2.59. The summed E-state index contributed by atoms with van der Waals surface area (Å²) >= 11 is 6.89. The highest BCUT2D eigenvalue weighted by molar-refractivity contribution is 6.24. The molecule has 6 rings (SSSR count). The Morgan fingerprint density at radius 2 is 1.96 bits per heavy atom. The minimum absolute atomic E-state index is 0.141. The predicted octanol–water partition coefficient (Wildman–Crippen LogP) is 5.06. The van der Waals surface area contributed by atoms with E-state index >= 15 is 0 Å². The van der Waals surface area contributed by atoms with Crippen molar-refractivity contribution in [2.45, 2.75) is 50.3 Å². The highest BCUT2D eigenvalue weighted by Crippen LogP contribution is 2.64. The predicted molar refractivity (Wildman–Crippen MR) is 101 cm³/mol. The van der Waals surface area contributed by atoms with Gasteiger partial charge in [-0.2, -0.15) is 0 Å². The molecule has 130 valence electrons. The van der Waals surface area contributed by atoms with E-state index in [9.17, 15) is 4.79 Å². The number of aromatic nitrogens is 1. The molecule has 4 saturated carbocycles. The molecule has 0 spiro atoms. The van der Waals surface area contributed by atoms with Crippen LogP contribution in [0.1, 0.15) is 44.1 Å². The van der Waals surface area contributed by atoms with Gasteiger partial charge in [0.05, 0.1) is 16.6 Å². The Balaban J connectivity index is 1.49. The van der Waals surface area contributed by atoms with E-state index in [1.54, 1.807) is 6.20 Å². The average molecular weight is 355 g/mol. The Kier molecular flexibility index (Phi) is 3.25. The van der Waals surface area contributed by atoms with E-state index in [0.29, 0.717) is 11.8 Å². The Morgan fingerprint density at radius 3 is 2.68 bits per heavy atom. The lowest BCUT2D eigenvalue weighted by atomic mass is 9.49. The molecule has 25 heavy (non-hydrogen) atoms. The number of nitrogens with zero attached hydrogens (tertiary/aromatic N) is 1. The summed E-state index contributed by atoms with van der Waals surface area (Å²) in [5, 5.41) is 4.26. The molecule has 4 bridgehead atoms. The average Bonchev–Trinajstić information content (AvgIpc) is 2.55. The number of amides is 1. The van der Waals surface area contributed by atoms with Gasteiger partial charge in [0.1, 0.15) is 0 Å². The molecule has 0 aliphatic heterocycles. The molecule has 1 N–H and O–H groups in total. The molecule has 1 heterocycles. The van der Waals surface area contributed by atoms with Crippen molar-refractivity contribution in [1.82, 2.24) is 4.98 Å². The van der Waals surface area contributed by atoms with Gasteiger partial charge in [0.15, 0.2) is 0 Å². The van der Waals surface area contributed by atoms with Crippen LogP contribution in [-0.2, 0) is 4.79 Å². The van der Waals surface area contributed by atoms with Crippen molar-refractivity contribution in [2.75, 3.05) is 5.32 Å². The van der Waals surface area contributed by atoms with Crippen molar-refractivity contribution in [1.29, 1.82) is 0 Å². The maximum Gasteiger partial charge on any atom is 0.230 e. The molecule has 4 fully saturated rings. The molecule has 1 amide bonds. The van der Waals surface area contributed by atoms with Gasteiger partial charge in [-0.05, 0) is 81.0 Å². The third kappa shape index (κ3) is 2.39. The van der Waals surface area contributed by atoms with Crippen LogP contribution in [0.5, 0.6) is 0 Å². The van der Waals surface area contributed by atoms with E-state index in [0.717, 1.165) is 54.3 Å². The molecule has 2 unspecified atom stereocenters. The maximum atomic E-state index is 13.3. The summed E-state index contributed by atoms with van der Waals surface area (Å²) in [5.74, 6) is 1.42. The van der Waals surface area contributed by atoms with Gasteiger partial charge in [-0.1, -0.05) is 6.07 Å². The zero-order chi connectivity index (χ0) is 17.2. The largest absolute Gasteiger partial charge is 0.325 e. The molecule has 4 aliphatic rings. The van der Waals surface area contributed by atoms with Crippen LogP contribution >= 0.6 is 11.6 Å². The monoisotopic (exact) mass is 354 g/mol. The lowest BCUT2D eigenvalue weighted by Crippen LogP contribution is -2.57. The van der Waals surface area contributed by atoms with Gasteiger partial charge < -0.3 is 5.32 Å². The van der Waals surface area contributed by atoms with Gasteiger partial charge in [0.2, 0.25) is 5.91 Å². The summed E-state index contributed by atoms with van der Waals surface area (Å²) in [5.41, 5.74) is 2.69. The van der Waals surface area contributed by atoms with Crippen LogP contribution in [0.25, 0.3) is 10.9 Å². The standard InChI is InChI=1S/C21H23ClN2O/c1-13-4-5-17(16-3-2-6-23-18(13)16)24-19(25)20-8-14-7-15(9-20)11-21(22,10-14)12-20/h2-6,14-15H,7-12H2,1H3,(H,24,25). The number of carbonyl (C=O) groups is 1. The molecule has 2 aromatic rings. The second-order valence-electron chi connectivity index (χ2n) is 8.68. The normalized spacial score (nSPS) is 35.9. The van der Waals surface area contributed by atoms with Crippen molar-refractivity contribution in [3.8, 4) is 0 Å². The molecule has 0 saturated heterocycles. The van der Waals surface area contributed by atoms with Crippen molar-refractivity contribution >= 4 is 34.1 Å². The second-order valence-corrected chi connectivity index (χ2v) is 9.48. The van der Waals surface area contributed by atoms with Crippen LogP contribution in [0.3, 0.4) is 0 Å². The molecule has 2 atom stereocenters. The number of anilines is 1. The van der Waals surface area contributed by atoms with E-state index in [1.807, 2.05) is 24.3 Å². The number of fused-ring (bicyclic) bond motifs is 1. The number of alkyl halides is 1. The number of halogens is 1. The molecule has 4 heteroatoms. The number of aryl methyl sites for hydroxylation is 1. The maximum absolute atomic E-state index is 13.3. The van der Waals surface area contributed by atoms with Gasteiger partial charge in [-0.25, -0.2) is 0 Å². The third-order valence-electron chi connectivity index (χ3n) is 6.69. The fourth-order valence-corrected chi connectivity index (χ4v) is 6.79. The fraction of sp³-hybridized carbons (Fsp3) is 0.524. The Hall–Kier alpha value is -1.61. The van der Waals surface area contributed by atoms with Crippen molar-refractivity contribution in [2.24, 2.45) is 17.3 Å². The molecule has 3 nitrogen and oxygen atoms in total. The van der Waals surface area contributed by atoms with Gasteiger partial charge in [-0.15, -0.1) is 11.6 Å². The number of pyridine rings is 1. The Morgan fingerprint density at radius 1 is 1.20 bits per heavy atom. The first kappa shape index (κ1) is 15.6. The van der Waals surface area contributed by atoms with Gasteiger partial charge in [-0.3, -0.25) is 9.78 Å². The minimum atomic E-state index is -0.273. The van der Waals surface area contributed by atoms with Crippen LogP contribution in [0.15, 0.2) is 30.5 Å². The molecule has 1 aromatic heterocycles. The first-order valence-electron chi connectivity index (χ1n) is 9.31. The lowest BCUT2D eigenvalue weighted by molar-refractivity contribution is -0.138. The number of hydrogen-bond donors (Lipinski definition) is 1. The molecule has 0 radical (unpaired) electrons. The van der Waals surface area contributed by atoms with Crippen molar-refractivity contribution in [3.63, 3.8) is 0 Å². The summed E-state index contributed by atoms with van der Waals surface area (Å²) < 4.78 is 0. The van der Waals surface area contributed by atoms with Crippen molar-refractivity contribution < 1.29 is 4.79 Å². The first-order valence-corrected chi connectivity index (χ1v) is 9.69. The van der Waals surface area contributed by atoms with Crippen LogP contribution in [-0.4, -0.2) is 15.8 Å². The van der Waals surface area contributed by atoms with Gasteiger partial charge >= 0.3 is 0 Å². The van der Waals surface area contributed by atoms with E-state index in [-0.39, 0.29) is 16.2 Å². The van der Waals surface area contributed by atoms with E-state index < -0.39 is 0 Å². The second kappa shape index (κ2) is 5.20. The first-order chi connectivity index (χ1) is 12.0. The van der Waals surface area contributed by atoms with Crippen molar-refractivity contribution in [3.05, 3.63) is 36.0 Å². The van der Waals surface area contributed by atoms with E-state index in [1.165, 1.54) is 6.42 Å². The zero-order valence-electron chi connectivity index (χ0n) is 14.5. The molecule has 4 aliphatic carbocycles. The number of nitrogens with one attached hydrogen (secondary N) is 1. The Bertz CT molecular complexity index is 863. The van der Waals surface area contributed by atoms with Crippen LogP contribution in [0, 0.1) is 24.2 Å². The molecular weight excluding hydrogens is 332 g/mol. The summed E-state index contributed by atoms with van der Waals surface area (Å²) in [7, 11) is 0. The van der Waals surface area contributed by atoms with Crippen LogP contribution in [0.2, 0.25) is 0 Å². The quantitative estimate of drug-likeness (QED) is 0.766. The molecular formula is C21H23ClN2O. The zero-order valence-corrected chi connectivity index (χ0v) is 15.3. The van der Waals surface area contributed by atoms with Gasteiger partial charge in [0, 0.05) is 16.5 Å². The number of benzene rings is 1. The van der Waals surface area contributed by atoms with Crippen LogP contribution in [0.4, 0.5) is 5.69 Å². The van der Waals surface area contributed by atoms with Gasteiger partial charge in [0.25, 0.3) is 0 Å². The topological polar surface area (TPSA) is 42.0 Å².